The molecule has 8 heteroatoms. The molecular weight excluding hydrogens is 419 g/mol. The van der Waals surface area contributed by atoms with Gasteiger partial charge in [-0.25, -0.2) is 0 Å². The highest BCUT2D eigenvalue weighted by Gasteiger charge is 2.34. The van der Waals surface area contributed by atoms with Crippen molar-refractivity contribution in [2.45, 2.75) is 12.8 Å². The Morgan fingerprint density at radius 1 is 1.00 bits per heavy atom. The standard InChI is InChI=1S/C20H16Cl2N2O3S/c21-14-5-3-13(4-6-14)12-17-19(26)24(20(27)28-17)11-1-2-18(25)23-16-9-7-15(22)8-10-16/h3-10,12H,1-2,11H2,(H,23,25). The van der Waals surface area contributed by atoms with E-state index >= 15 is 0 Å². The number of nitrogens with one attached hydrogen (secondary N) is 1. The number of benzene rings is 2. The molecule has 1 fully saturated rings. The number of thioether (sulfide) groups is 1. The zero-order valence-electron chi connectivity index (χ0n) is 14.7. The van der Waals surface area contributed by atoms with Crippen molar-refractivity contribution in [3.8, 4) is 0 Å². The van der Waals surface area contributed by atoms with Crippen LogP contribution in [-0.2, 0) is 9.59 Å². The summed E-state index contributed by atoms with van der Waals surface area (Å²) in [6.45, 7) is 0.191. The Hall–Kier alpha value is -2.28. The molecule has 1 heterocycles. The number of hydrogen-bond donors (Lipinski definition) is 1. The number of hydrogen-bond acceptors (Lipinski definition) is 4. The van der Waals surface area contributed by atoms with Crippen LogP contribution in [-0.4, -0.2) is 28.5 Å². The van der Waals surface area contributed by atoms with Crippen LogP contribution in [0.5, 0.6) is 0 Å². The van der Waals surface area contributed by atoms with E-state index < -0.39 is 0 Å². The summed E-state index contributed by atoms with van der Waals surface area (Å²) in [6.07, 6.45) is 2.24. The van der Waals surface area contributed by atoms with Gasteiger partial charge in [-0.05, 0) is 66.2 Å². The second-order valence-electron chi connectivity index (χ2n) is 6.04. The van der Waals surface area contributed by atoms with Crippen molar-refractivity contribution in [1.82, 2.24) is 4.90 Å². The Balaban J connectivity index is 1.52. The van der Waals surface area contributed by atoms with Crippen molar-refractivity contribution in [2.75, 3.05) is 11.9 Å². The Labute approximate surface area is 176 Å². The number of carbonyl (C=O) groups excluding carboxylic acids is 3. The van der Waals surface area contributed by atoms with E-state index in [0.29, 0.717) is 27.1 Å². The van der Waals surface area contributed by atoms with E-state index in [-0.39, 0.29) is 30.0 Å². The smallest absolute Gasteiger partial charge is 0.293 e. The van der Waals surface area contributed by atoms with Gasteiger partial charge < -0.3 is 5.32 Å². The van der Waals surface area contributed by atoms with E-state index in [1.165, 1.54) is 4.90 Å². The van der Waals surface area contributed by atoms with Crippen LogP contribution in [0.15, 0.2) is 53.4 Å². The molecule has 144 valence electrons. The molecule has 0 bridgehead atoms. The molecular formula is C20H16Cl2N2O3S. The lowest BCUT2D eigenvalue weighted by Crippen LogP contribution is -2.29. The normalized spacial score (nSPS) is 15.4. The van der Waals surface area contributed by atoms with Gasteiger partial charge >= 0.3 is 0 Å². The predicted molar refractivity (Wildman–Crippen MR) is 113 cm³/mol. The number of rotatable bonds is 6. The first-order valence-electron chi connectivity index (χ1n) is 8.49. The largest absolute Gasteiger partial charge is 0.326 e. The van der Waals surface area contributed by atoms with Gasteiger partial charge in [-0.1, -0.05) is 35.3 Å². The molecule has 2 aromatic rings. The van der Waals surface area contributed by atoms with E-state index in [1.807, 2.05) is 0 Å². The molecule has 3 rings (SSSR count). The van der Waals surface area contributed by atoms with E-state index in [4.69, 9.17) is 23.2 Å². The predicted octanol–water partition coefficient (Wildman–Crippen LogP) is 5.45. The highest BCUT2D eigenvalue weighted by atomic mass is 35.5. The van der Waals surface area contributed by atoms with E-state index in [0.717, 1.165) is 17.3 Å². The number of nitrogens with zero attached hydrogens (tertiary/aromatic N) is 1. The molecule has 5 nitrogen and oxygen atoms in total. The highest BCUT2D eigenvalue weighted by molar-refractivity contribution is 8.18. The first-order chi connectivity index (χ1) is 13.4. The lowest BCUT2D eigenvalue weighted by Gasteiger charge is -2.12. The van der Waals surface area contributed by atoms with Crippen LogP contribution >= 0.6 is 35.0 Å². The molecule has 0 saturated carbocycles. The maximum atomic E-state index is 12.5. The molecule has 1 aliphatic heterocycles. The summed E-state index contributed by atoms with van der Waals surface area (Å²) in [5.41, 5.74) is 1.43. The molecule has 3 amide bonds. The summed E-state index contributed by atoms with van der Waals surface area (Å²) in [7, 11) is 0. The van der Waals surface area contributed by atoms with Crippen molar-refractivity contribution in [3.63, 3.8) is 0 Å². The molecule has 0 aromatic heterocycles. The van der Waals surface area contributed by atoms with Gasteiger partial charge in [0.05, 0.1) is 4.91 Å². The lowest BCUT2D eigenvalue weighted by molar-refractivity contribution is -0.123. The second kappa shape index (κ2) is 9.28. The van der Waals surface area contributed by atoms with Crippen LogP contribution in [0.25, 0.3) is 6.08 Å². The third kappa shape index (κ3) is 5.38. The van der Waals surface area contributed by atoms with E-state index in [1.54, 1.807) is 54.6 Å². The van der Waals surface area contributed by atoms with Crippen molar-refractivity contribution >= 4 is 63.8 Å². The maximum absolute atomic E-state index is 12.5. The molecule has 0 aliphatic carbocycles. The minimum Gasteiger partial charge on any atom is -0.326 e. The molecule has 1 saturated heterocycles. The van der Waals surface area contributed by atoms with Gasteiger partial charge in [-0.15, -0.1) is 0 Å². The van der Waals surface area contributed by atoms with Gasteiger partial charge in [-0.3, -0.25) is 19.3 Å². The van der Waals surface area contributed by atoms with Crippen LogP contribution in [0.4, 0.5) is 10.5 Å². The van der Waals surface area contributed by atoms with Crippen molar-refractivity contribution in [3.05, 3.63) is 69.0 Å². The van der Waals surface area contributed by atoms with Crippen LogP contribution in [0.3, 0.4) is 0 Å². The monoisotopic (exact) mass is 434 g/mol. The second-order valence-corrected chi connectivity index (χ2v) is 7.91. The quantitative estimate of drug-likeness (QED) is 0.613. The summed E-state index contributed by atoms with van der Waals surface area (Å²) in [4.78, 5) is 38.1. The molecule has 0 unspecified atom stereocenters. The Bertz CT molecular complexity index is 927. The Kier molecular flexibility index (Phi) is 6.78. The van der Waals surface area contributed by atoms with Gasteiger partial charge in [0.1, 0.15) is 0 Å². The van der Waals surface area contributed by atoms with Gasteiger partial charge in [0.15, 0.2) is 0 Å². The topological polar surface area (TPSA) is 66.5 Å². The van der Waals surface area contributed by atoms with E-state index in [9.17, 15) is 14.4 Å². The minimum atomic E-state index is -0.344. The van der Waals surface area contributed by atoms with Crippen molar-refractivity contribution in [2.24, 2.45) is 0 Å². The van der Waals surface area contributed by atoms with Gasteiger partial charge in [-0.2, -0.15) is 0 Å². The minimum absolute atomic E-state index is 0.189. The summed E-state index contributed by atoms with van der Waals surface area (Å²) in [5, 5.41) is 3.61. The summed E-state index contributed by atoms with van der Waals surface area (Å²) < 4.78 is 0. The van der Waals surface area contributed by atoms with Crippen LogP contribution in [0.1, 0.15) is 18.4 Å². The molecule has 0 spiro atoms. The van der Waals surface area contributed by atoms with Crippen LogP contribution in [0.2, 0.25) is 10.0 Å². The molecule has 0 radical (unpaired) electrons. The zero-order valence-corrected chi connectivity index (χ0v) is 17.0. The third-order valence-electron chi connectivity index (χ3n) is 3.95. The zero-order chi connectivity index (χ0) is 20.1. The molecule has 28 heavy (non-hydrogen) atoms. The number of imide groups is 1. The van der Waals surface area contributed by atoms with Gasteiger partial charge in [0, 0.05) is 28.7 Å². The fourth-order valence-corrected chi connectivity index (χ4v) is 3.67. The van der Waals surface area contributed by atoms with Crippen LogP contribution in [0, 0.1) is 0 Å². The van der Waals surface area contributed by atoms with Crippen molar-refractivity contribution < 1.29 is 14.4 Å². The molecule has 2 aromatic carbocycles. The number of halogens is 2. The third-order valence-corrected chi connectivity index (χ3v) is 5.37. The number of carbonyl (C=O) groups is 3. The van der Waals surface area contributed by atoms with Crippen molar-refractivity contribution in [1.29, 1.82) is 0 Å². The average Bonchev–Trinajstić information content (AvgIpc) is 2.93. The number of anilines is 1. The SMILES string of the molecule is O=C(CCCN1C(=O)SC(=Cc2ccc(Cl)cc2)C1=O)Nc1ccc(Cl)cc1. The summed E-state index contributed by atoms with van der Waals surface area (Å²) in [6, 6.07) is 13.8. The maximum Gasteiger partial charge on any atom is 0.293 e. The Morgan fingerprint density at radius 2 is 1.61 bits per heavy atom. The highest BCUT2D eigenvalue weighted by Crippen LogP contribution is 2.32. The molecule has 1 aliphatic rings. The van der Waals surface area contributed by atoms with Crippen LogP contribution < -0.4 is 5.32 Å². The average molecular weight is 435 g/mol. The molecule has 1 N–H and O–H groups in total. The van der Waals surface area contributed by atoms with E-state index in [2.05, 4.69) is 5.32 Å². The fraction of sp³-hybridized carbons (Fsp3) is 0.150. The number of amides is 3. The Morgan fingerprint density at radius 3 is 2.25 bits per heavy atom. The van der Waals surface area contributed by atoms with Gasteiger partial charge in [0.2, 0.25) is 5.91 Å². The molecule has 0 atom stereocenters. The first kappa shape index (κ1) is 20.5. The summed E-state index contributed by atoms with van der Waals surface area (Å²) in [5.74, 6) is -0.533. The van der Waals surface area contributed by atoms with Gasteiger partial charge in [0.25, 0.3) is 11.1 Å². The lowest BCUT2D eigenvalue weighted by atomic mass is 10.2. The fourth-order valence-electron chi connectivity index (χ4n) is 2.56. The summed E-state index contributed by atoms with van der Waals surface area (Å²) >= 11 is 12.6. The first-order valence-corrected chi connectivity index (χ1v) is 10.1.